The predicted octanol–water partition coefficient (Wildman–Crippen LogP) is 1.62. The molecule has 0 atom stereocenters. The molecule has 2 rings (SSSR count). The molecule has 0 unspecified atom stereocenters. The zero-order valence-electron chi connectivity index (χ0n) is 8.33. The van der Waals surface area contributed by atoms with E-state index in [1.54, 1.807) is 24.8 Å². The number of hydrogen-bond donors (Lipinski definition) is 1. The van der Waals surface area contributed by atoms with Crippen LogP contribution < -0.4 is 0 Å². The van der Waals surface area contributed by atoms with Gasteiger partial charge < -0.3 is 5.11 Å². The zero-order chi connectivity index (χ0) is 11.4. The second-order valence-corrected chi connectivity index (χ2v) is 4.23. The Morgan fingerprint density at radius 2 is 2.19 bits per heavy atom. The Labute approximate surface area is 95.8 Å². The largest absolute Gasteiger partial charge is 0.481 e. The van der Waals surface area contributed by atoms with E-state index >= 15 is 0 Å². The lowest BCUT2D eigenvalue weighted by Gasteiger charge is -1.92. The molecule has 1 N–H and O–H groups in total. The quantitative estimate of drug-likeness (QED) is 0.871. The van der Waals surface area contributed by atoms with Crippen molar-refractivity contribution >= 4 is 17.3 Å². The molecule has 0 aromatic carbocycles. The van der Waals surface area contributed by atoms with Crippen LogP contribution in [0, 0.1) is 0 Å². The highest BCUT2D eigenvalue weighted by molar-refractivity contribution is 7.15. The van der Waals surface area contributed by atoms with E-state index in [0.29, 0.717) is 12.1 Å². The molecule has 16 heavy (non-hydrogen) atoms. The fraction of sp³-hybridized carbons (Fsp3) is 0.200. The van der Waals surface area contributed by atoms with Crippen molar-refractivity contribution in [2.24, 2.45) is 0 Å². The van der Waals surface area contributed by atoms with Gasteiger partial charge in [0.15, 0.2) is 0 Å². The van der Waals surface area contributed by atoms with Crippen LogP contribution >= 0.6 is 11.3 Å². The first-order chi connectivity index (χ1) is 7.75. The molecule has 82 valence electrons. The van der Waals surface area contributed by atoms with Crippen molar-refractivity contribution in [3.8, 4) is 10.7 Å². The zero-order valence-corrected chi connectivity index (χ0v) is 9.15. The number of aryl methyl sites for hydroxylation is 1. The summed E-state index contributed by atoms with van der Waals surface area (Å²) < 4.78 is 0. The number of hydrogen-bond acceptors (Lipinski definition) is 5. The van der Waals surface area contributed by atoms with E-state index in [1.165, 1.54) is 11.3 Å². The van der Waals surface area contributed by atoms with E-state index in [1.807, 2.05) is 0 Å². The van der Waals surface area contributed by atoms with E-state index in [9.17, 15) is 4.79 Å². The third-order valence-electron chi connectivity index (χ3n) is 1.92. The van der Waals surface area contributed by atoms with Gasteiger partial charge in [-0.3, -0.25) is 14.8 Å². The molecule has 0 fully saturated rings. The summed E-state index contributed by atoms with van der Waals surface area (Å²) in [5.41, 5.74) is 0.717. The molecule has 0 aliphatic carbocycles. The molecule has 0 aliphatic rings. The van der Waals surface area contributed by atoms with Gasteiger partial charge in [0.1, 0.15) is 10.7 Å². The lowest BCUT2D eigenvalue weighted by Crippen LogP contribution is -1.95. The first kappa shape index (κ1) is 10.7. The lowest BCUT2D eigenvalue weighted by atomic mass is 10.3. The number of nitrogens with zero attached hydrogens (tertiary/aromatic N) is 3. The number of carboxylic acids is 1. The van der Waals surface area contributed by atoms with Gasteiger partial charge in [0.25, 0.3) is 0 Å². The first-order valence-electron chi connectivity index (χ1n) is 4.68. The van der Waals surface area contributed by atoms with Crippen molar-refractivity contribution in [1.82, 2.24) is 15.0 Å². The van der Waals surface area contributed by atoms with Gasteiger partial charge in [0.05, 0.1) is 12.6 Å². The average molecular weight is 235 g/mol. The number of carbonyl (C=O) groups is 1. The van der Waals surface area contributed by atoms with Crippen molar-refractivity contribution in [3.63, 3.8) is 0 Å². The third kappa shape index (κ3) is 2.60. The molecule has 5 nitrogen and oxygen atoms in total. The van der Waals surface area contributed by atoms with Crippen LogP contribution in [-0.2, 0) is 11.2 Å². The van der Waals surface area contributed by atoms with E-state index in [0.717, 1.165) is 9.88 Å². The second kappa shape index (κ2) is 4.80. The summed E-state index contributed by atoms with van der Waals surface area (Å²) in [6.45, 7) is 0. The molecule has 2 heterocycles. The number of rotatable bonds is 4. The monoisotopic (exact) mass is 235 g/mol. The number of aromatic nitrogens is 3. The van der Waals surface area contributed by atoms with Crippen LogP contribution in [0.1, 0.15) is 11.3 Å². The highest BCUT2D eigenvalue weighted by Gasteiger charge is 2.07. The molecule has 0 aliphatic heterocycles. The van der Waals surface area contributed by atoms with Crippen LogP contribution in [0.25, 0.3) is 10.7 Å². The molecular weight excluding hydrogens is 226 g/mol. The molecule has 0 bridgehead atoms. The summed E-state index contributed by atoms with van der Waals surface area (Å²) in [6, 6.07) is 0. The summed E-state index contributed by atoms with van der Waals surface area (Å²) >= 11 is 1.45. The van der Waals surface area contributed by atoms with Gasteiger partial charge in [-0.05, 0) is 6.42 Å². The van der Waals surface area contributed by atoms with Crippen LogP contribution in [-0.4, -0.2) is 26.0 Å². The maximum absolute atomic E-state index is 10.4. The van der Waals surface area contributed by atoms with Crippen LogP contribution in [0.3, 0.4) is 0 Å². The normalized spacial score (nSPS) is 10.2. The third-order valence-corrected chi connectivity index (χ3v) is 3.00. The number of thiazole rings is 1. The summed E-state index contributed by atoms with van der Waals surface area (Å²) in [5, 5.41) is 9.33. The Bertz CT molecular complexity index is 484. The standard InChI is InChI=1S/C10H9N3O2S/c14-9(15)2-1-7-5-13-10(16-7)8-6-11-3-4-12-8/h3-6H,1-2H2,(H,14,15). The maximum Gasteiger partial charge on any atom is 0.303 e. The van der Waals surface area contributed by atoms with Crippen LogP contribution in [0.5, 0.6) is 0 Å². The van der Waals surface area contributed by atoms with E-state index in [2.05, 4.69) is 15.0 Å². The van der Waals surface area contributed by atoms with Crippen LogP contribution in [0.15, 0.2) is 24.8 Å². The van der Waals surface area contributed by atoms with Gasteiger partial charge in [-0.2, -0.15) is 0 Å². The van der Waals surface area contributed by atoms with Crippen molar-refractivity contribution in [1.29, 1.82) is 0 Å². The summed E-state index contributed by atoms with van der Waals surface area (Å²) in [7, 11) is 0. The Morgan fingerprint density at radius 1 is 1.31 bits per heavy atom. The molecule has 2 aromatic rings. The second-order valence-electron chi connectivity index (χ2n) is 3.12. The minimum absolute atomic E-state index is 0.127. The summed E-state index contributed by atoms with van der Waals surface area (Å²) in [4.78, 5) is 23.6. The van der Waals surface area contributed by atoms with Gasteiger partial charge >= 0.3 is 5.97 Å². The Kier molecular flexibility index (Phi) is 3.21. The lowest BCUT2D eigenvalue weighted by molar-refractivity contribution is -0.136. The Balaban J connectivity index is 2.11. The molecule has 6 heteroatoms. The summed E-state index contributed by atoms with van der Waals surface area (Å²) in [6.07, 6.45) is 7.17. The topological polar surface area (TPSA) is 76.0 Å². The molecule has 0 saturated carbocycles. The maximum atomic E-state index is 10.4. The van der Waals surface area contributed by atoms with E-state index in [4.69, 9.17) is 5.11 Å². The highest BCUT2D eigenvalue weighted by Crippen LogP contribution is 2.23. The summed E-state index contributed by atoms with van der Waals surface area (Å²) in [5.74, 6) is -0.797. The predicted molar refractivity (Wildman–Crippen MR) is 59.1 cm³/mol. The van der Waals surface area contributed by atoms with Gasteiger partial charge in [-0.15, -0.1) is 11.3 Å². The van der Waals surface area contributed by atoms with Crippen molar-refractivity contribution in [3.05, 3.63) is 29.7 Å². The van der Waals surface area contributed by atoms with Gasteiger partial charge in [0, 0.05) is 23.5 Å². The first-order valence-corrected chi connectivity index (χ1v) is 5.50. The Morgan fingerprint density at radius 3 is 2.88 bits per heavy atom. The van der Waals surface area contributed by atoms with Gasteiger partial charge in [0.2, 0.25) is 0 Å². The smallest absolute Gasteiger partial charge is 0.303 e. The fourth-order valence-electron chi connectivity index (χ4n) is 1.18. The Hall–Kier alpha value is -1.82. The van der Waals surface area contributed by atoms with Crippen molar-refractivity contribution in [2.75, 3.05) is 0 Å². The van der Waals surface area contributed by atoms with E-state index in [-0.39, 0.29) is 6.42 Å². The van der Waals surface area contributed by atoms with Crippen LogP contribution in [0.2, 0.25) is 0 Å². The average Bonchev–Trinajstić information content (AvgIpc) is 2.76. The van der Waals surface area contributed by atoms with Gasteiger partial charge in [-0.1, -0.05) is 0 Å². The number of carboxylic acid groups (broad SMARTS) is 1. The molecule has 2 aromatic heterocycles. The van der Waals surface area contributed by atoms with Crippen molar-refractivity contribution < 1.29 is 9.90 Å². The molecular formula is C10H9N3O2S. The molecule has 0 amide bonds. The van der Waals surface area contributed by atoms with Crippen LogP contribution in [0.4, 0.5) is 0 Å². The SMILES string of the molecule is O=C(O)CCc1cnc(-c2cnccn2)s1. The molecule has 0 radical (unpaired) electrons. The fourth-order valence-corrected chi connectivity index (χ4v) is 2.05. The number of aliphatic carboxylic acids is 1. The van der Waals surface area contributed by atoms with E-state index < -0.39 is 5.97 Å². The molecule has 0 saturated heterocycles. The molecule has 0 spiro atoms. The minimum Gasteiger partial charge on any atom is -0.481 e. The van der Waals surface area contributed by atoms with Crippen molar-refractivity contribution in [2.45, 2.75) is 12.8 Å². The highest BCUT2D eigenvalue weighted by atomic mass is 32.1. The van der Waals surface area contributed by atoms with Gasteiger partial charge in [-0.25, -0.2) is 4.98 Å². The minimum atomic E-state index is -0.797.